The second kappa shape index (κ2) is 8.34. The van der Waals surface area contributed by atoms with Gasteiger partial charge in [0.15, 0.2) is 11.5 Å². The molecule has 8 heteroatoms. The third-order valence-corrected chi connectivity index (χ3v) is 3.95. The van der Waals surface area contributed by atoms with Gasteiger partial charge in [-0.2, -0.15) is 0 Å². The van der Waals surface area contributed by atoms with Crippen LogP contribution in [0, 0.1) is 0 Å². The minimum Gasteiger partial charge on any atom is -0.395 e. The van der Waals surface area contributed by atoms with Crippen molar-refractivity contribution < 1.29 is 18.3 Å². The van der Waals surface area contributed by atoms with Gasteiger partial charge in [-0.05, 0) is 19.4 Å². The van der Waals surface area contributed by atoms with E-state index in [1.807, 2.05) is 13.0 Å². The number of halogens is 4. The lowest BCUT2D eigenvalue weighted by Gasteiger charge is -2.35. The molecule has 1 N–H and O–H groups in total. The highest BCUT2D eigenvalue weighted by molar-refractivity contribution is 5.85. The number of benzene rings is 1. The van der Waals surface area contributed by atoms with Crippen molar-refractivity contribution in [3.8, 4) is 11.5 Å². The molecule has 0 spiro atoms. The molecule has 0 aromatic heterocycles. The number of piperazine rings is 1. The Labute approximate surface area is 153 Å². The first-order valence-corrected chi connectivity index (χ1v) is 7.44. The van der Waals surface area contributed by atoms with Crippen LogP contribution in [0.15, 0.2) is 30.4 Å². The third kappa shape index (κ3) is 4.51. The first-order chi connectivity index (χ1) is 10.5. The van der Waals surface area contributed by atoms with Gasteiger partial charge in [0.2, 0.25) is 0 Å². The van der Waals surface area contributed by atoms with E-state index in [1.165, 1.54) is 6.07 Å². The fraction of sp³-hybridized carbons (Fsp3) is 0.500. The molecule has 0 radical (unpaired) electrons. The molecule has 3 rings (SSSR count). The minimum absolute atomic E-state index is 0. The maximum atomic E-state index is 13.4. The van der Waals surface area contributed by atoms with Crippen LogP contribution in [0.25, 0.3) is 0 Å². The Kier molecular flexibility index (Phi) is 7.28. The van der Waals surface area contributed by atoms with Crippen LogP contribution in [0.4, 0.5) is 8.78 Å². The van der Waals surface area contributed by atoms with Crippen molar-refractivity contribution in [2.75, 3.05) is 26.2 Å². The van der Waals surface area contributed by atoms with E-state index in [0.29, 0.717) is 6.42 Å². The zero-order valence-corrected chi connectivity index (χ0v) is 15.0. The molecule has 24 heavy (non-hydrogen) atoms. The summed E-state index contributed by atoms with van der Waals surface area (Å²) in [6, 6.07) is 5.04. The van der Waals surface area contributed by atoms with Crippen molar-refractivity contribution in [3.05, 3.63) is 35.9 Å². The van der Waals surface area contributed by atoms with Gasteiger partial charge in [0.1, 0.15) is 0 Å². The number of nitrogens with zero attached hydrogens (tertiary/aromatic N) is 1. The van der Waals surface area contributed by atoms with Gasteiger partial charge in [0.25, 0.3) is 0 Å². The lowest BCUT2D eigenvalue weighted by atomic mass is 9.96. The van der Waals surface area contributed by atoms with Gasteiger partial charge in [-0.3, -0.25) is 4.90 Å². The Morgan fingerprint density at radius 2 is 1.96 bits per heavy atom. The number of rotatable bonds is 4. The standard InChI is InChI=1S/C16H20F2N2O2.2ClH/c1-11(2)10-13(20-8-6-19-7-9-20)12-4-3-5-14-15(12)22-16(17,18)21-14;;/h3-5,13,19H,1,6-10H2,2H3;2*1H/t13-;;/m0../s1. The Bertz CT molecular complexity index is 581. The smallest absolute Gasteiger partial charge is 0.395 e. The molecule has 136 valence electrons. The summed E-state index contributed by atoms with van der Waals surface area (Å²) in [5.74, 6) is 0.252. The Balaban J connectivity index is 0.00000144. The van der Waals surface area contributed by atoms with Gasteiger partial charge in [-0.1, -0.05) is 17.7 Å². The van der Waals surface area contributed by atoms with Crippen molar-refractivity contribution in [2.45, 2.75) is 25.7 Å². The molecule has 0 amide bonds. The van der Waals surface area contributed by atoms with E-state index >= 15 is 0 Å². The average molecular weight is 383 g/mol. The maximum Gasteiger partial charge on any atom is 0.586 e. The van der Waals surface area contributed by atoms with Gasteiger partial charge < -0.3 is 14.8 Å². The summed E-state index contributed by atoms with van der Waals surface area (Å²) in [5, 5.41) is 3.30. The molecule has 0 saturated carbocycles. The maximum absolute atomic E-state index is 13.4. The van der Waals surface area contributed by atoms with Gasteiger partial charge >= 0.3 is 6.29 Å². The van der Waals surface area contributed by atoms with Crippen molar-refractivity contribution in [2.24, 2.45) is 0 Å². The van der Waals surface area contributed by atoms with Crippen LogP contribution in [-0.2, 0) is 0 Å². The van der Waals surface area contributed by atoms with Crippen molar-refractivity contribution in [3.63, 3.8) is 0 Å². The van der Waals surface area contributed by atoms with E-state index in [1.54, 1.807) is 6.07 Å². The fourth-order valence-electron chi connectivity index (χ4n) is 3.01. The number of para-hydroxylation sites is 1. The zero-order valence-electron chi connectivity index (χ0n) is 13.4. The first-order valence-electron chi connectivity index (χ1n) is 7.44. The Morgan fingerprint density at radius 1 is 1.29 bits per heavy atom. The van der Waals surface area contributed by atoms with Gasteiger partial charge in [0.05, 0.1) is 0 Å². The second-order valence-electron chi connectivity index (χ2n) is 5.80. The summed E-state index contributed by atoms with van der Waals surface area (Å²) >= 11 is 0. The molecule has 0 bridgehead atoms. The van der Waals surface area contributed by atoms with Gasteiger partial charge in [-0.15, -0.1) is 40.2 Å². The van der Waals surface area contributed by atoms with E-state index in [9.17, 15) is 8.78 Å². The predicted molar refractivity (Wildman–Crippen MR) is 93.8 cm³/mol. The van der Waals surface area contributed by atoms with E-state index in [4.69, 9.17) is 4.74 Å². The van der Waals surface area contributed by atoms with Crippen LogP contribution in [0.2, 0.25) is 0 Å². The molecule has 1 aromatic rings. The molecule has 2 heterocycles. The van der Waals surface area contributed by atoms with E-state index in [0.717, 1.165) is 37.3 Å². The monoisotopic (exact) mass is 382 g/mol. The Hall–Kier alpha value is -1.08. The van der Waals surface area contributed by atoms with Crippen LogP contribution < -0.4 is 14.8 Å². The second-order valence-corrected chi connectivity index (χ2v) is 5.80. The Morgan fingerprint density at radius 3 is 2.58 bits per heavy atom. The first kappa shape index (κ1) is 21.0. The average Bonchev–Trinajstić information content (AvgIpc) is 2.79. The van der Waals surface area contributed by atoms with Crippen molar-refractivity contribution in [1.82, 2.24) is 10.2 Å². The molecule has 1 fully saturated rings. The number of hydrogen-bond donors (Lipinski definition) is 1. The number of fused-ring (bicyclic) bond motifs is 1. The predicted octanol–water partition coefficient (Wildman–Crippen LogP) is 3.76. The summed E-state index contributed by atoms with van der Waals surface area (Å²) in [4.78, 5) is 2.28. The van der Waals surface area contributed by atoms with Crippen LogP contribution >= 0.6 is 24.8 Å². The molecular formula is C16H22Cl2F2N2O2. The molecule has 2 aliphatic rings. The number of nitrogens with one attached hydrogen (secondary N) is 1. The molecule has 1 atom stereocenters. The largest absolute Gasteiger partial charge is 0.586 e. The number of ether oxygens (including phenoxy) is 2. The van der Waals surface area contributed by atoms with Crippen LogP contribution in [-0.4, -0.2) is 37.4 Å². The molecule has 4 nitrogen and oxygen atoms in total. The highest BCUT2D eigenvalue weighted by Gasteiger charge is 2.45. The van der Waals surface area contributed by atoms with E-state index in [2.05, 4.69) is 21.5 Å². The van der Waals surface area contributed by atoms with Crippen LogP contribution in [0.3, 0.4) is 0 Å². The fourth-order valence-corrected chi connectivity index (χ4v) is 3.01. The van der Waals surface area contributed by atoms with Crippen molar-refractivity contribution in [1.29, 1.82) is 0 Å². The topological polar surface area (TPSA) is 33.7 Å². The summed E-state index contributed by atoms with van der Waals surface area (Å²) in [6.07, 6.45) is -2.89. The molecule has 2 aliphatic heterocycles. The summed E-state index contributed by atoms with van der Waals surface area (Å²) in [7, 11) is 0. The lowest BCUT2D eigenvalue weighted by molar-refractivity contribution is -0.287. The molecule has 0 aliphatic carbocycles. The number of alkyl halides is 2. The summed E-state index contributed by atoms with van der Waals surface area (Å²) < 4.78 is 36.1. The summed E-state index contributed by atoms with van der Waals surface area (Å²) in [5.41, 5.74) is 1.74. The van der Waals surface area contributed by atoms with Gasteiger partial charge in [-0.25, -0.2) is 0 Å². The van der Waals surface area contributed by atoms with Crippen LogP contribution in [0.5, 0.6) is 11.5 Å². The van der Waals surface area contributed by atoms with Gasteiger partial charge in [0, 0.05) is 37.8 Å². The zero-order chi connectivity index (χ0) is 15.7. The molecular weight excluding hydrogens is 361 g/mol. The van der Waals surface area contributed by atoms with Crippen molar-refractivity contribution >= 4 is 24.8 Å². The van der Waals surface area contributed by atoms with Crippen LogP contribution in [0.1, 0.15) is 24.9 Å². The number of hydrogen-bond acceptors (Lipinski definition) is 4. The highest BCUT2D eigenvalue weighted by Crippen LogP contribution is 2.47. The molecule has 0 unspecified atom stereocenters. The van der Waals surface area contributed by atoms with E-state index < -0.39 is 6.29 Å². The third-order valence-electron chi connectivity index (χ3n) is 3.95. The highest BCUT2D eigenvalue weighted by atomic mass is 35.5. The van der Waals surface area contributed by atoms with E-state index in [-0.39, 0.29) is 42.4 Å². The minimum atomic E-state index is -3.59. The summed E-state index contributed by atoms with van der Waals surface area (Å²) in [6.45, 7) is 9.41. The molecule has 1 aromatic carbocycles. The normalized spacial score (nSPS) is 19.8. The SMILES string of the molecule is C=C(C)C[C@@H](c1cccc2c1OC(F)(F)O2)N1CCNCC1.Cl.Cl. The lowest BCUT2D eigenvalue weighted by Crippen LogP contribution is -2.45. The molecule has 1 saturated heterocycles. The quantitative estimate of drug-likeness (QED) is 0.803.